The standard InChI is InChI=1S/C12H14O4/c1-3-14-12(13)11-8(2)15-9-6-4-5-7-10(9)16-11/h4-8,11H,3H2,1-2H3/t8-,11-/m0/s1. The Morgan fingerprint density at radius 3 is 2.56 bits per heavy atom. The molecule has 0 spiro atoms. The van der Waals surface area contributed by atoms with Crippen molar-refractivity contribution >= 4 is 5.97 Å². The lowest BCUT2D eigenvalue weighted by Crippen LogP contribution is -2.44. The highest BCUT2D eigenvalue weighted by molar-refractivity contribution is 5.76. The maximum absolute atomic E-state index is 11.6. The number of carbonyl (C=O) groups excluding carboxylic acids is 1. The lowest BCUT2D eigenvalue weighted by Gasteiger charge is -2.30. The molecule has 2 atom stereocenters. The van der Waals surface area contributed by atoms with Gasteiger partial charge in [0.25, 0.3) is 0 Å². The van der Waals surface area contributed by atoms with E-state index in [2.05, 4.69) is 0 Å². The first kappa shape index (κ1) is 10.8. The molecule has 0 aromatic heterocycles. The van der Waals surface area contributed by atoms with Crippen LogP contribution in [0, 0.1) is 0 Å². The maximum atomic E-state index is 11.6. The lowest BCUT2D eigenvalue weighted by atomic mass is 10.2. The second-order valence-electron chi connectivity index (χ2n) is 3.56. The number of rotatable bonds is 2. The summed E-state index contributed by atoms with van der Waals surface area (Å²) in [6, 6.07) is 7.28. The Hall–Kier alpha value is -1.71. The van der Waals surface area contributed by atoms with E-state index in [0.29, 0.717) is 18.1 Å². The Balaban J connectivity index is 2.18. The summed E-state index contributed by atoms with van der Waals surface area (Å²) in [7, 11) is 0. The van der Waals surface area contributed by atoms with E-state index in [-0.39, 0.29) is 12.1 Å². The number of hydrogen-bond acceptors (Lipinski definition) is 4. The first-order valence-corrected chi connectivity index (χ1v) is 5.31. The van der Waals surface area contributed by atoms with Gasteiger partial charge >= 0.3 is 5.97 Å². The number of carbonyl (C=O) groups is 1. The van der Waals surface area contributed by atoms with Gasteiger partial charge in [-0.2, -0.15) is 0 Å². The predicted octanol–water partition coefficient (Wildman–Crippen LogP) is 1.78. The second kappa shape index (κ2) is 4.43. The van der Waals surface area contributed by atoms with Crippen LogP contribution >= 0.6 is 0 Å². The SMILES string of the molecule is CCOC(=O)[C@H]1Oc2ccccc2O[C@H]1C. The molecule has 4 heteroatoms. The van der Waals surface area contributed by atoms with E-state index in [1.54, 1.807) is 19.9 Å². The molecule has 1 heterocycles. The van der Waals surface area contributed by atoms with Crippen molar-refractivity contribution in [2.24, 2.45) is 0 Å². The highest BCUT2D eigenvalue weighted by Gasteiger charge is 2.34. The molecule has 4 nitrogen and oxygen atoms in total. The molecule has 1 aromatic carbocycles. The average molecular weight is 222 g/mol. The van der Waals surface area contributed by atoms with Crippen LogP contribution in [0.5, 0.6) is 11.5 Å². The van der Waals surface area contributed by atoms with Crippen LogP contribution in [0.25, 0.3) is 0 Å². The Bertz CT molecular complexity index is 388. The third-order valence-corrected chi connectivity index (χ3v) is 2.36. The van der Waals surface area contributed by atoms with Crippen molar-refractivity contribution in [2.45, 2.75) is 26.1 Å². The molecular formula is C12H14O4. The zero-order valence-corrected chi connectivity index (χ0v) is 9.30. The van der Waals surface area contributed by atoms with Gasteiger partial charge in [0.15, 0.2) is 11.5 Å². The van der Waals surface area contributed by atoms with Gasteiger partial charge in [0.2, 0.25) is 6.10 Å². The summed E-state index contributed by atoms with van der Waals surface area (Å²) >= 11 is 0. The first-order chi connectivity index (χ1) is 7.72. The fourth-order valence-corrected chi connectivity index (χ4v) is 1.60. The minimum atomic E-state index is -0.685. The van der Waals surface area contributed by atoms with Gasteiger partial charge in [0.1, 0.15) is 6.10 Å². The van der Waals surface area contributed by atoms with E-state index in [4.69, 9.17) is 14.2 Å². The van der Waals surface area contributed by atoms with E-state index < -0.39 is 6.10 Å². The van der Waals surface area contributed by atoms with Gasteiger partial charge in [-0.15, -0.1) is 0 Å². The fraction of sp³-hybridized carbons (Fsp3) is 0.417. The van der Waals surface area contributed by atoms with E-state index in [1.807, 2.05) is 18.2 Å². The summed E-state index contributed by atoms with van der Waals surface area (Å²) in [6.07, 6.45) is -1.02. The summed E-state index contributed by atoms with van der Waals surface area (Å²) in [5, 5.41) is 0. The van der Waals surface area contributed by atoms with Crippen LogP contribution in [0.4, 0.5) is 0 Å². The van der Waals surface area contributed by atoms with Gasteiger partial charge in [-0.1, -0.05) is 12.1 Å². The minimum Gasteiger partial charge on any atom is -0.482 e. The van der Waals surface area contributed by atoms with Gasteiger partial charge in [0, 0.05) is 0 Å². The van der Waals surface area contributed by atoms with Crippen LogP contribution < -0.4 is 9.47 Å². The number of esters is 1. The zero-order chi connectivity index (χ0) is 11.5. The molecule has 0 bridgehead atoms. The van der Waals surface area contributed by atoms with Crippen LogP contribution in [-0.2, 0) is 9.53 Å². The summed E-state index contributed by atoms with van der Waals surface area (Å²) in [5.74, 6) is 0.860. The number of para-hydroxylation sites is 2. The summed E-state index contributed by atoms with van der Waals surface area (Å²) in [5.41, 5.74) is 0. The fourth-order valence-electron chi connectivity index (χ4n) is 1.60. The van der Waals surface area contributed by atoms with Crippen LogP contribution in [0.2, 0.25) is 0 Å². The van der Waals surface area contributed by atoms with E-state index in [9.17, 15) is 4.79 Å². The predicted molar refractivity (Wildman–Crippen MR) is 57.6 cm³/mol. The molecule has 0 unspecified atom stereocenters. The Labute approximate surface area is 94.1 Å². The molecule has 0 radical (unpaired) electrons. The molecule has 0 saturated heterocycles. The molecule has 0 amide bonds. The monoisotopic (exact) mass is 222 g/mol. The van der Waals surface area contributed by atoms with E-state index in [0.717, 1.165) is 0 Å². The summed E-state index contributed by atoms with van der Waals surface area (Å²) in [4.78, 5) is 11.6. The smallest absolute Gasteiger partial charge is 0.351 e. The molecule has 0 N–H and O–H groups in total. The maximum Gasteiger partial charge on any atom is 0.351 e. The normalized spacial score (nSPS) is 22.6. The molecule has 0 fully saturated rings. The van der Waals surface area contributed by atoms with Gasteiger partial charge in [0.05, 0.1) is 6.61 Å². The molecule has 16 heavy (non-hydrogen) atoms. The van der Waals surface area contributed by atoms with Gasteiger partial charge < -0.3 is 14.2 Å². The quantitative estimate of drug-likeness (QED) is 0.715. The van der Waals surface area contributed by atoms with Gasteiger partial charge in [-0.05, 0) is 26.0 Å². The summed E-state index contributed by atoms with van der Waals surface area (Å²) < 4.78 is 16.1. The number of ether oxygens (including phenoxy) is 3. The van der Waals surface area contributed by atoms with Crippen LogP contribution in [-0.4, -0.2) is 24.8 Å². The van der Waals surface area contributed by atoms with Crippen molar-refractivity contribution in [1.29, 1.82) is 0 Å². The zero-order valence-electron chi connectivity index (χ0n) is 9.30. The Morgan fingerprint density at radius 2 is 1.94 bits per heavy atom. The first-order valence-electron chi connectivity index (χ1n) is 5.31. The molecule has 86 valence electrons. The van der Waals surface area contributed by atoms with Crippen molar-refractivity contribution in [2.75, 3.05) is 6.61 Å². The van der Waals surface area contributed by atoms with Crippen molar-refractivity contribution in [3.05, 3.63) is 24.3 Å². The van der Waals surface area contributed by atoms with Crippen molar-refractivity contribution < 1.29 is 19.0 Å². The highest BCUT2D eigenvalue weighted by Crippen LogP contribution is 2.33. The van der Waals surface area contributed by atoms with Crippen molar-refractivity contribution in [1.82, 2.24) is 0 Å². The molecule has 0 saturated carbocycles. The van der Waals surface area contributed by atoms with E-state index >= 15 is 0 Å². The van der Waals surface area contributed by atoms with Gasteiger partial charge in [-0.3, -0.25) is 0 Å². The van der Waals surface area contributed by atoms with Gasteiger partial charge in [-0.25, -0.2) is 4.79 Å². The van der Waals surface area contributed by atoms with Crippen molar-refractivity contribution in [3.63, 3.8) is 0 Å². The van der Waals surface area contributed by atoms with Crippen LogP contribution in [0.3, 0.4) is 0 Å². The summed E-state index contributed by atoms with van der Waals surface area (Å²) in [6.45, 7) is 3.89. The number of hydrogen-bond donors (Lipinski definition) is 0. The van der Waals surface area contributed by atoms with Crippen LogP contribution in [0.1, 0.15) is 13.8 Å². The van der Waals surface area contributed by atoms with Crippen LogP contribution in [0.15, 0.2) is 24.3 Å². The van der Waals surface area contributed by atoms with Crippen molar-refractivity contribution in [3.8, 4) is 11.5 Å². The number of benzene rings is 1. The molecular weight excluding hydrogens is 208 g/mol. The topological polar surface area (TPSA) is 44.8 Å². The third-order valence-electron chi connectivity index (χ3n) is 2.36. The highest BCUT2D eigenvalue weighted by atomic mass is 16.6. The minimum absolute atomic E-state index is 0.339. The average Bonchev–Trinajstić information content (AvgIpc) is 2.28. The Kier molecular flexibility index (Phi) is 2.99. The molecule has 0 aliphatic carbocycles. The van der Waals surface area contributed by atoms with E-state index in [1.165, 1.54) is 0 Å². The number of fused-ring (bicyclic) bond motifs is 1. The molecule has 1 aromatic rings. The second-order valence-corrected chi connectivity index (χ2v) is 3.56. The molecule has 1 aliphatic rings. The molecule has 2 rings (SSSR count). The molecule has 1 aliphatic heterocycles. The largest absolute Gasteiger partial charge is 0.482 e. The third kappa shape index (κ3) is 1.96. The lowest BCUT2D eigenvalue weighted by molar-refractivity contribution is -0.157. The Morgan fingerprint density at radius 1 is 1.31 bits per heavy atom.